The average Bonchev–Trinajstić information content (AvgIpc) is 1.99. The SMILES string of the molecule is CN(C)c1ccc(SC(Cl)(Cl)Cl)cc1Br. The lowest BCUT2D eigenvalue weighted by molar-refractivity contribution is 1.12. The van der Waals surface area contributed by atoms with Crippen LogP contribution in [0.3, 0.4) is 0 Å². The first kappa shape index (κ1) is 13.8. The topological polar surface area (TPSA) is 3.24 Å². The molecule has 0 unspecified atom stereocenters. The van der Waals surface area contributed by atoms with Gasteiger partial charge in [0.2, 0.25) is 3.12 Å². The minimum absolute atomic E-state index is 0.910. The van der Waals surface area contributed by atoms with Crippen LogP contribution in [-0.2, 0) is 0 Å². The fourth-order valence-electron chi connectivity index (χ4n) is 1.05. The van der Waals surface area contributed by atoms with E-state index in [0.29, 0.717) is 0 Å². The number of nitrogens with zero attached hydrogens (tertiary/aromatic N) is 1. The van der Waals surface area contributed by atoms with Crippen molar-refractivity contribution in [3.63, 3.8) is 0 Å². The lowest BCUT2D eigenvalue weighted by Gasteiger charge is -2.16. The molecule has 0 aliphatic carbocycles. The lowest BCUT2D eigenvalue weighted by atomic mass is 10.3. The van der Waals surface area contributed by atoms with Crippen molar-refractivity contribution in [2.45, 2.75) is 8.02 Å². The predicted molar refractivity (Wildman–Crippen MR) is 74.6 cm³/mol. The number of hydrogen-bond donors (Lipinski definition) is 0. The van der Waals surface area contributed by atoms with E-state index in [9.17, 15) is 0 Å². The first-order valence-corrected chi connectivity index (χ1v) is 6.76. The highest BCUT2D eigenvalue weighted by atomic mass is 79.9. The second-order valence-corrected chi connectivity index (χ2v) is 8.15. The number of benzene rings is 1. The molecule has 0 amide bonds. The van der Waals surface area contributed by atoms with Gasteiger partial charge in [-0.1, -0.05) is 46.6 Å². The van der Waals surface area contributed by atoms with Gasteiger partial charge in [0, 0.05) is 23.5 Å². The zero-order valence-electron chi connectivity index (χ0n) is 8.10. The third-order valence-corrected chi connectivity index (χ3v) is 3.69. The molecule has 0 aliphatic heterocycles. The molecule has 0 N–H and O–H groups in total. The number of rotatable bonds is 2. The van der Waals surface area contributed by atoms with Crippen LogP contribution < -0.4 is 4.90 Å². The molecule has 6 heteroatoms. The Balaban J connectivity index is 2.92. The van der Waals surface area contributed by atoms with Crippen molar-refractivity contribution in [3.05, 3.63) is 22.7 Å². The third kappa shape index (κ3) is 4.61. The molecule has 0 heterocycles. The summed E-state index contributed by atoms with van der Waals surface area (Å²) >= 11 is 21.7. The highest BCUT2D eigenvalue weighted by Crippen LogP contribution is 2.44. The highest BCUT2D eigenvalue weighted by Gasteiger charge is 2.21. The first-order chi connectivity index (χ1) is 6.79. The lowest BCUT2D eigenvalue weighted by Crippen LogP contribution is -2.09. The standard InChI is InChI=1S/C9H9BrCl3NS/c1-14(2)8-4-3-6(5-7(8)10)15-9(11,12)13/h3-5H,1-2H3. The number of anilines is 1. The summed E-state index contributed by atoms with van der Waals surface area (Å²) in [5.41, 5.74) is 1.09. The van der Waals surface area contributed by atoms with Gasteiger partial charge < -0.3 is 4.90 Å². The highest BCUT2D eigenvalue weighted by molar-refractivity contribution is 9.10. The summed E-state index contributed by atoms with van der Waals surface area (Å²) in [5.74, 6) is 0. The molecule has 0 aliphatic rings. The van der Waals surface area contributed by atoms with E-state index in [0.717, 1.165) is 15.1 Å². The Morgan fingerprint density at radius 3 is 2.27 bits per heavy atom. The minimum atomic E-state index is -1.32. The Morgan fingerprint density at radius 1 is 1.27 bits per heavy atom. The van der Waals surface area contributed by atoms with Crippen LogP contribution in [0.5, 0.6) is 0 Å². The monoisotopic (exact) mass is 347 g/mol. The van der Waals surface area contributed by atoms with E-state index < -0.39 is 3.12 Å². The van der Waals surface area contributed by atoms with Gasteiger partial charge in [0.05, 0.1) is 5.69 Å². The Labute approximate surface area is 117 Å². The summed E-state index contributed by atoms with van der Waals surface area (Å²) in [6, 6.07) is 5.83. The van der Waals surface area contributed by atoms with Crippen LogP contribution in [0, 0.1) is 0 Å². The summed E-state index contributed by atoms with van der Waals surface area (Å²) in [5, 5.41) is 0. The van der Waals surface area contributed by atoms with Crippen molar-refractivity contribution in [2.24, 2.45) is 0 Å². The number of hydrogen-bond acceptors (Lipinski definition) is 2. The second kappa shape index (κ2) is 5.37. The zero-order chi connectivity index (χ0) is 11.6. The largest absolute Gasteiger partial charge is 0.377 e. The van der Waals surface area contributed by atoms with Crippen LogP contribution >= 0.6 is 62.5 Å². The van der Waals surface area contributed by atoms with Crippen LogP contribution in [0.4, 0.5) is 5.69 Å². The van der Waals surface area contributed by atoms with Gasteiger partial charge in [-0.05, 0) is 34.1 Å². The van der Waals surface area contributed by atoms with Crippen molar-refractivity contribution in [1.82, 2.24) is 0 Å². The molecule has 0 spiro atoms. The van der Waals surface area contributed by atoms with Crippen molar-refractivity contribution >= 4 is 68.2 Å². The van der Waals surface area contributed by atoms with Gasteiger partial charge >= 0.3 is 0 Å². The Morgan fingerprint density at radius 2 is 1.87 bits per heavy atom. The predicted octanol–water partition coefficient (Wildman–Crippen LogP) is 4.93. The van der Waals surface area contributed by atoms with Crippen LogP contribution in [0.2, 0.25) is 0 Å². The van der Waals surface area contributed by atoms with Gasteiger partial charge in [0.25, 0.3) is 0 Å². The number of thioether (sulfide) groups is 1. The van der Waals surface area contributed by atoms with Crippen molar-refractivity contribution in [1.29, 1.82) is 0 Å². The second-order valence-electron chi connectivity index (χ2n) is 3.06. The van der Waals surface area contributed by atoms with Gasteiger partial charge in [0.1, 0.15) is 0 Å². The molecule has 1 rings (SSSR count). The van der Waals surface area contributed by atoms with E-state index in [1.807, 2.05) is 37.2 Å². The van der Waals surface area contributed by atoms with Gasteiger partial charge in [-0.25, -0.2) is 0 Å². The third-order valence-electron chi connectivity index (χ3n) is 1.63. The van der Waals surface area contributed by atoms with E-state index in [4.69, 9.17) is 34.8 Å². The minimum Gasteiger partial charge on any atom is -0.377 e. The van der Waals surface area contributed by atoms with Gasteiger partial charge in [-0.2, -0.15) is 0 Å². The van der Waals surface area contributed by atoms with Crippen LogP contribution in [-0.4, -0.2) is 17.2 Å². The Hall–Kier alpha value is 0.720. The van der Waals surface area contributed by atoms with Gasteiger partial charge in [-0.3, -0.25) is 0 Å². The van der Waals surface area contributed by atoms with Crippen LogP contribution in [0.15, 0.2) is 27.6 Å². The molecule has 84 valence electrons. The molecular formula is C9H9BrCl3NS. The number of halogens is 4. The Kier molecular flexibility index (Phi) is 4.93. The molecule has 0 saturated carbocycles. The van der Waals surface area contributed by atoms with E-state index in [1.54, 1.807) is 0 Å². The van der Waals surface area contributed by atoms with Crippen molar-refractivity contribution < 1.29 is 0 Å². The molecular weight excluding hydrogens is 340 g/mol. The zero-order valence-corrected chi connectivity index (χ0v) is 12.8. The maximum Gasteiger partial charge on any atom is 0.241 e. The van der Waals surface area contributed by atoms with E-state index >= 15 is 0 Å². The molecule has 1 aromatic rings. The van der Waals surface area contributed by atoms with Gasteiger partial charge in [0.15, 0.2) is 0 Å². The summed E-state index contributed by atoms with van der Waals surface area (Å²) in [6.45, 7) is 0. The maximum atomic E-state index is 5.69. The average molecular weight is 350 g/mol. The molecule has 0 aromatic heterocycles. The van der Waals surface area contributed by atoms with Crippen molar-refractivity contribution in [3.8, 4) is 0 Å². The molecule has 0 radical (unpaired) electrons. The molecule has 1 nitrogen and oxygen atoms in total. The normalized spacial score (nSPS) is 11.6. The fourth-order valence-corrected chi connectivity index (χ4v) is 3.31. The fraction of sp³-hybridized carbons (Fsp3) is 0.333. The molecule has 1 aromatic carbocycles. The molecule has 0 atom stereocenters. The molecule has 0 saturated heterocycles. The summed E-state index contributed by atoms with van der Waals surface area (Å²) < 4.78 is -0.342. The van der Waals surface area contributed by atoms with E-state index in [1.165, 1.54) is 11.8 Å². The molecule has 15 heavy (non-hydrogen) atoms. The van der Waals surface area contributed by atoms with Crippen LogP contribution in [0.25, 0.3) is 0 Å². The summed E-state index contributed by atoms with van der Waals surface area (Å²) in [6.07, 6.45) is 0. The molecule has 0 bridgehead atoms. The Bertz CT molecular complexity index is 352. The quantitative estimate of drug-likeness (QED) is 0.550. The first-order valence-electron chi connectivity index (χ1n) is 4.02. The van der Waals surface area contributed by atoms with Crippen LogP contribution in [0.1, 0.15) is 0 Å². The van der Waals surface area contributed by atoms with Crippen molar-refractivity contribution in [2.75, 3.05) is 19.0 Å². The smallest absolute Gasteiger partial charge is 0.241 e. The van der Waals surface area contributed by atoms with E-state index in [2.05, 4.69) is 15.9 Å². The van der Waals surface area contributed by atoms with E-state index in [-0.39, 0.29) is 0 Å². The van der Waals surface area contributed by atoms with Gasteiger partial charge in [-0.15, -0.1) is 0 Å². The molecule has 0 fully saturated rings. The summed E-state index contributed by atoms with van der Waals surface area (Å²) in [4.78, 5) is 2.92. The maximum absolute atomic E-state index is 5.69. The number of alkyl halides is 3. The summed E-state index contributed by atoms with van der Waals surface area (Å²) in [7, 11) is 3.95.